The molecule has 0 N–H and O–H groups in total. The van der Waals surface area contributed by atoms with Crippen LogP contribution in [0.4, 0.5) is 0 Å². The Hall–Kier alpha value is -2.31. The van der Waals surface area contributed by atoms with Crippen molar-refractivity contribution in [2.24, 2.45) is 0 Å². The zero-order valence-corrected chi connectivity index (χ0v) is 11.7. The highest BCUT2D eigenvalue weighted by Gasteiger charge is 2.30. The van der Waals surface area contributed by atoms with Crippen molar-refractivity contribution in [3.05, 3.63) is 64.2 Å². The van der Waals surface area contributed by atoms with Crippen molar-refractivity contribution < 1.29 is 22.6 Å². The number of hydrogen-bond donors (Lipinski definition) is 0. The average molecular weight is 301 g/mol. The third-order valence-corrected chi connectivity index (χ3v) is 4.26. The van der Waals surface area contributed by atoms with Crippen LogP contribution in [0.3, 0.4) is 0 Å². The van der Waals surface area contributed by atoms with Gasteiger partial charge in [-0.05, 0) is 31.2 Å². The molecule has 1 aliphatic rings. The molecule has 6 heteroatoms. The topological polar surface area (TPSA) is 91.3 Å². The molecule has 3 rings (SSSR count). The van der Waals surface area contributed by atoms with Crippen LogP contribution in [-0.2, 0) is 10.1 Å². The molecule has 0 saturated heterocycles. The molecule has 0 bridgehead atoms. The molecule has 0 unspecified atom stereocenters. The third-order valence-electron chi connectivity index (χ3n) is 3.43. The van der Waals surface area contributed by atoms with Gasteiger partial charge in [-0.15, -0.1) is 0 Å². The van der Waals surface area contributed by atoms with Crippen LogP contribution >= 0.6 is 0 Å². The van der Waals surface area contributed by atoms with Gasteiger partial charge in [0.25, 0.3) is 0 Å². The summed E-state index contributed by atoms with van der Waals surface area (Å²) in [7, 11) is -4.67. The fourth-order valence-electron chi connectivity index (χ4n) is 2.40. The van der Waals surface area contributed by atoms with E-state index in [2.05, 4.69) is 0 Å². The summed E-state index contributed by atoms with van der Waals surface area (Å²) in [6, 6.07) is 8.09. The molecule has 0 radical (unpaired) electrons. The van der Waals surface area contributed by atoms with E-state index in [1.807, 2.05) is 0 Å². The van der Waals surface area contributed by atoms with Gasteiger partial charge in [0.2, 0.25) is 0 Å². The van der Waals surface area contributed by atoms with Crippen molar-refractivity contribution in [3.63, 3.8) is 0 Å². The lowest BCUT2D eigenvalue weighted by atomic mass is 9.83. The van der Waals surface area contributed by atoms with Gasteiger partial charge in [-0.3, -0.25) is 9.59 Å². The highest BCUT2D eigenvalue weighted by molar-refractivity contribution is 7.85. The van der Waals surface area contributed by atoms with Crippen molar-refractivity contribution in [2.45, 2.75) is 11.8 Å². The van der Waals surface area contributed by atoms with Crippen molar-refractivity contribution >= 4 is 21.7 Å². The monoisotopic (exact) mass is 301 g/mol. The smallest absolute Gasteiger partial charge is 0.194 e. The standard InChI is InChI=1S/C15H10O5S/c1-8-2-4-10-12(6-8)14(16)11-5-3-9(21(18,19)20)7-13(11)15(10)17/h2-7H,1H3,(H,18,19,20)/p-1. The number of hydrogen-bond acceptors (Lipinski definition) is 5. The number of aryl methyl sites for hydroxylation is 1. The van der Waals surface area contributed by atoms with E-state index in [9.17, 15) is 22.6 Å². The Kier molecular flexibility index (Phi) is 2.82. The maximum Gasteiger partial charge on any atom is 0.194 e. The largest absolute Gasteiger partial charge is 0.744 e. The second kappa shape index (κ2) is 4.34. The number of rotatable bonds is 1. The molecule has 2 aromatic carbocycles. The predicted octanol–water partition coefficient (Wildman–Crippen LogP) is 1.67. The molecule has 0 spiro atoms. The maximum absolute atomic E-state index is 12.4. The molecular formula is C15H9O5S-. The van der Waals surface area contributed by atoms with Gasteiger partial charge in [-0.25, -0.2) is 8.42 Å². The molecule has 0 heterocycles. The quantitative estimate of drug-likeness (QED) is 0.638. The van der Waals surface area contributed by atoms with Crippen LogP contribution in [0.5, 0.6) is 0 Å². The van der Waals surface area contributed by atoms with Gasteiger partial charge in [0, 0.05) is 22.3 Å². The summed E-state index contributed by atoms with van der Waals surface area (Å²) in [5.74, 6) is -0.803. The van der Waals surface area contributed by atoms with Crippen molar-refractivity contribution in [2.75, 3.05) is 0 Å². The molecular weight excluding hydrogens is 292 g/mol. The molecule has 0 saturated carbocycles. The van der Waals surface area contributed by atoms with Gasteiger partial charge >= 0.3 is 0 Å². The van der Waals surface area contributed by atoms with Crippen LogP contribution in [0.2, 0.25) is 0 Å². The van der Waals surface area contributed by atoms with E-state index in [0.29, 0.717) is 5.56 Å². The molecule has 1 aliphatic carbocycles. The van der Waals surface area contributed by atoms with Gasteiger partial charge in [0.15, 0.2) is 11.6 Å². The molecule has 0 fully saturated rings. The molecule has 21 heavy (non-hydrogen) atoms. The second-order valence-corrected chi connectivity index (χ2v) is 6.25. The van der Waals surface area contributed by atoms with Gasteiger partial charge in [-0.2, -0.15) is 0 Å². The van der Waals surface area contributed by atoms with Crippen molar-refractivity contribution in [3.8, 4) is 0 Å². The zero-order chi connectivity index (χ0) is 15.4. The summed E-state index contributed by atoms with van der Waals surface area (Å²) in [5, 5.41) is 0. The highest BCUT2D eigenvalue weighted by Crippen LogP contribution is 2.29. The Morgan fingerprint density at radius 3 is 1.90 bits per heavy atom. The molecule has 106 valence electrons. The lowest BCUT2D eigenvalue weighted by molar-refractivity contribution is 0.0979. The summed E-state index contributed by atoms with van der Waals surface area (Å²) < 4.78 is 33.1. The third kappa shape index (κ3) is 2.09. The van der Waals surface area contributed by atoms with Crippen LogP contribution in [0.25, 0.3) is 0 Å². The number of carbonyl (C=O) groups excluding carboxylic acids is 2. The number of benzene rings is 2. The molecule has 0 aliphatic heterocycles. The Balaban J connectivity index is 2.28. The van der Waals surface area contributed by atoms with Gasteiger partial charge in [-0.1, -0.05) is 17.7 Å². The SMILES string of the molecule is Cc1ccc2c(c1)C(=O)c1ccc(S(=O)(=O)[O-])cc1C2=O. The molecule has 0 aromatic heterocycles. The van der Waals surface area contributed by atoms with Gasteiger partial charge in [0.1, 0.15) is 10.1 Å². The lowest BCUT2D eigenvalue weighted by Gasteiger charge is -2.19. The minimum atomic E-state index is -4.67. The zero-order valence-electron chi connectivity index (χ0n) is 10.9. The number of carbonyl (C=O) groups is 2. The van der Waals surface area contributed by atoms with E-state index in [4.69, 9.17) is 0 Å². The molecule has 0 amide bonds. The fraction of sp³-hybridized carbons (Fsp3) is 0.0667. The summed E-state index contributed by atoms with van der Waals surface area (Å²) in [6.07, 6.45) is 0. The van der Waals surface area contributed by atoms with E-state index < -0.39 is 20.8 Å². The number of ketones is 2. The Morgan fingerprint density at radius 1 is 0.810 bits per heavy atom. The summed E-state index contributed by atoms with van der Waals surface area (Å²) in [6.45, 7) is 1.81. The summed E-state index contributed by atoms with van der Waals surface area (Å²) in [4.78, 5) is 24.3. The Labute approximate surface area is 121 Å². The van der Waals surface area contributed by atoms with Crippen LogP contribution in [0, 0.1) is 6.92 Å². The van der Waals surface area contributed by atoms with E-state index in [0.717, 1.165) is 17.7 Å². The van der Waals surface area contributed by atoms with Gasteiger partial charge < -0.3 is 4.55 Å². The molecule has 5 nitrogen and oxygen atoms in total. The normalized spacial score (nSPS) is 13.8. The van der Waals surface area contributed by atoms with Crippen LogP contribution in [-0.4, -0.2) is 24.5 Å². The van der Waals surface area contributed by atoms with Crippen LogP contribution < -0.4 is 0 Å². The van der Waals surface area contributed by atoms with Gasteiger partial charge in [0.05, 0.1) is 4.90 Å². The van der Waals surface area contributed by atoms with E-state index in [1.54, 1.807) is 19.1 Å². The van der Waals surface area contributed by atoms with Crippen molar-refractivity contribution in [1.29, 1.82) is 0 Å². The van der Waals surface area contributed by atoms with Crippen LogP contribution in [0.15, 0.2) is 41.3 Å². The van der Waals surface area contributed by atoms with E-state index in [-0.39, 0.29) is 22.5 Å². The first-order valence-electron chi connectivity index (χ1n) is 6.09. The minimum absolute atomic E-state index is 0.0479. The number of fused-ring (bicyclic) bond motifs is 2. The first-order valence-corrected chi connectivity index (χ1v) is 7.50. The van der Waals surface area contributed by atoms with Crippen molar-refractivity contribution in [1.82, 2.24) is 0 Å². The minimum Gasteiger partial charge on any atom is -0.744 e. The maximum atomic E-state index is 12.4. The average Bonchev–Trinajstić information content (AvgIpc) is 2.43. The first-order chi connectivity index (χ1) is 9.79. The first kappa shape index (κ1) is 13.7. The summed E-state index contributed by atoms with van der Waals surface area (Å²) in [5.41, 5.74) is 1.43. The fourth-order valence-corrected chi connectivity index (χ4v) is 2.90. The summed E-state index contributed by atoms with van der Waals surface area (Å²) >= 11 is 0. The Bertz CT molecular complexity index is 910. The molecule has 0 atom stereocenters. The lowest BCUT2D eigenvalue weighted by Crippen LogP contribution is -2.21. The van der Waals surface area contributed by atoms with E-state index in [1.165, 1.54) is 12.1 Å². The predicted molar refractivity (Wildman–Crippen MR) is 72.4 cm³/mol. The van der Waals surface area contributed by atoms with Crippen LogP contribution in [0.1, 0.15) is 37.4 Å². The highest BCUT2D eigenvalue weighted by atomic mass is 32.2. The second-order valence-electron chi connectivity index (χ2n) is 4.87. The Morgan fingerprint density at radius 2 is 1.33 bits per heavy atom. The van der Waals surface area contributed by atoms with E-state index >= 15 is 0 Å². The molecule has 2 aromatic rings.